The summed E-state index contributed by atoms with van der Waals surface area (Å²) in [5.41, 5.74) is 6.62. The fourth-order valence-corrected chi connectivity index (χ4v) is 2.37. The minimum Gasteiger partial charge on any atom is -0.467 e. The molecule has 0 unspecified atom stereocenters. The number of carbonyl (C=O) groups is 2. The van der Waals surface area contributed by atoms with Crippen LogP contribution in [0.5, 0.6) is 0 Å². The molecule has 1 atom stereocenters. The Morgan fingerprint density at radius 3 is 2.28 bits per heavy atom. The van der Waals surface area contributed by atoms with Gasteiger partial charge in [-0.3, -0.25) is 4.79 Å². The van der Waals surface area contributed by atoms with E-state index in [1.54, 1.807) is 30.3 Å². The van der Waals surface area contributed by atoms with Crippen molar-refractivity contribution in [2.45, 2.75) is 25.5 Å². The summed E-state index contributed by atoms with van der Waals surface area (Å²) >= 11 is 0. The first-order valence-electron chi connectivity index (χ1n) is 8.80. The van der Waals surface area contributed by atoms with Crippen molar-refractivity contribution in [3.63, 3.8) is 0 Å². The van der Waals surface area contributed by atoms with E-state index in [9.17, 15) is 14.7 Å². The predicted octanol–water partition coefficient (Wildman–Crippen LogP) is 1.71. The molecule has 6 heteroatoms. The molecule has 0 aliphatic carbocycles. The molecule has 2 aromatic carbocycles. The molecule has 0 aliphatic heterocycles. The summed E-state index contributed by atoms with van der Waals surface area (Å²) in [6.45, 7) is 2.83. The maximum absolute atomic E-state index is 12.4. The first-order valence-corrected chi connectivity index (χ1v) is 8.80. The summed E-state index contributed by atoms with van der Waals surface area (Å²) in [5.74, 6) is 10.0. The van der Waals surface area contributed by atoms with Crippen LogP contribution in [-0.4, -0.2) is 35.7 Å². The number of methoxy groups -OCH3 is 1. The van der Waals surface area contributed by atoms with Gasteiger partial charge in [-0.2, -0.15) is 0 Å². The molecule has 0 aromatic heterocycles. The Kier molecular flexibility index (Phi) is 7.03. The Morgan fingerprint density at radius 1 is 1.07 bits per heavy atom. The summed E-state index contributed by atoms with van der Waals surface area (Å²) in [5, 5.41) is 12.6. The molecule has 0 saturated carbocycles. The average Bonchev–Trinajstić information content (AvgIpc) is 2.69. The van der Waals surface area contributed by atoms with E-state index in [1.165, 1.54) is 21.0 Å². The highest BCUT2D eigenvalue weighted by Crippen LogP contribution is 2.12. The Bertz CT molecular complexity index is 1010. The van der Waals surface area contributed by atoms with Gasteiger partial charge in [-0.25, -0.2) is 4.79 Å². The van der Waals surface area contributed by atoms with Gasteiger partial charge < -0.3 is 20.9 Å². The number of carbonyl (C=O) groups excluding carboxylic acids is 2. The third-order valence-corrected chi connectivity index (χ3v) is 3.99. The molecule has 2 aromatic rings. The number of amides is 1. The molecule has 0 fully saturated rings. The molecule has 2 rings (SSSR count). The molecule has 0 spiro atoms. The summed E-state index contributed by atoms with van der Waals surface area (Å²) in [6.07, 6.45) is 0. The van der Waals surface area contributed by atoms with E-state index in [1.807, 2.05) is 18.2 Å². The SMILES string of the molecule is COC(=O)[C@@H](NC(=O)c1ccc(C#CC#Cc2ccccc2N)cc1)C(C)(C)O. The van der Waals surface area contributed by atoms with Crippen LogP contribution in [-0.2, 0) is 9.53 Å². The third-order valence-electron chi connectivity index (χ3n) is 3.99. The number of hydrogen-bond donors (Lipinski definition) is 3. The maximum Gasteiger partial charge on any atom is 0.331 e. The highest BCUT2D eigenvalue weighted by atomic mass is 16.5. The van der Waals surface area contributed by atoms with E-state index >= 15 is 0 Å². The topological polar surface area (TPSA) is 102 Å². The van der Waals surface area contributed by atoms with E-state index in [2.05, 4.69) is 33.7 Å². The van der Waals surface area contributed by atoms with Crippen LogP contribution in [0.4, 0.5) is 5.69 Å². The van der Waals surface area contributed by atoms with Crippen LogP contribution in [0.3, 0.4) is 0 Å². The molecule has 0 saturated heterocycles. The van der Waals surface area contributed by atoms with Gasteiger partial charge in [0.15, 0.2) is 6.04 Å². The van der Waals surface area contributed by atoms with E-state index in [0.29, 0.717) is 22.4 Å². The number of para-hydroxylation sites is 1. The van der Waals surface area contributed by atoms with Crippen LogP contribution in [0.15, 0.2) is 48.5 Å². The standard InChI is InChI=1S/C23H22N2O4/c1-23(2,28)20(22(27)29-3)25-21(26)18-14-12-16(13-15-18)8-4-5-9-17-10-6-7-11-19(17)24/h6-7,10-15,20,28H,24H2,1-3H3,(H,25,26)/t20-/m1/s1. The second kappa shape index (κ2) is 9.45. The van der Waals surface area contributed by atoms with Crippen molar-refractivity contribution in [1.82, 2.24) is 5.32 Å². The van der Waals surface area contributed by atoms with Crippen molar-refractivity contribution in [2.75, 3.05) is 12.8 Å². The summed E-state index contributed by atoms with van der Waals surface area (Å²) in [4.78, 5) is 24.2. The van der Waals surface area contributed by atoms with E-state index in [4.69, 9.17) is 5.73 Å². The van der Waals surface area contributed by atoms with Crippen LogP contribution in [0, 0.1) is 23.7 Å². The number of anilines is 1. The fraction of sp³-hybridized carbons (Fsp3) is 0.217. The molecular formula is C23H22N2O4. The number of hydrogen-bond acceptors (Lipinski definition) is 5. The maximum atomic E-state index is 12.4. The second-order valence-electron chi connectivity index (χ2n) is 6.75. The molecule has 0 aliphatic rings. The number of nitrogens with one attached hydrogen (secondary N) is 1. The number of rotatable bonds is 4. The lowest BCUT2D eigenvalue weighted by molar-refractivity contribution is -0.148. The average molecular weight is 390 g/mol. The number of ether oxygens (including phenoxy) is 1. The molecule has 0 bridgehead atoms. The fourth-order valence-electron chi connectivity index (χ4n) is 2.37. The minimum absolute atomic E-state index is 0.317. The van der Waals surface area contributed by atoms with Crippen LogP contribution in [0.2, 0.25) is 0 Å². The van der Waals surface area contributed by atoms with Crippen LogP contribution in [0.25, 0.3) is 0 Å². The lowest BCUT2D eigenvalue weighted by Gasteiger charge is -2.27. The predicted molar refractivity (Wildman–Crippen MR) is 111 cm³/mol. The summed E-state index contributed by atoms with van der Waals surface area (Å²) in [7, 11) is 1.19. The van der Waals surface area contributed by atoms with Crippen molar-refractivity contribution in [2.24, 2.45) is 0 Å². The monoisotopic (exact) mass is 390 g/mol. The second-order valence-corrected chi connectivity index (χ2v) is 6.75. The molecular weight excluding hydrogens is 368 g/mol. The van der Waals surface area contributed by atoms with Crippen LogP contribution < -0.4 is 11.1 Å². The highest BCUT2D eigenvalue weighted by molar-refractivity contribution is 5.97. The van der Waals surface area contributed by atoms with Gasteiger partial charge >= 0.3 is 5.97 Å². The lowest BCUT2D eigenvalue weighted by atomic mass is 9.98. The number of nitrogens with two attached hydrogens (primary N) is 1. The Morgan fingerprint density at radius 2 is 1.69 bits per heavy atom. The van der Waals surface area contributed by atoms with Crippen molar-refractivity contribution in [3.8, 4) is 23.7 Å². The third kappa shape index (κ3) is 6.14. The zero-order valence-electron chi connectivity index (χ0n) is 16.4. The van der Waals surface area contributed by atoms with Crippen molar-refractivity contribution in [1.29, 1.82) is 0 Å². The number of nitrogen functional groups attached to an aromatic ring is 1. The molecule has 0 heterocycles. The first-order chi connectivity index (χ1) is 13.7. The molecule has 6 nitrogen and oxygen atoms in total. The van der Waals surface area contributed by atoms with Gasteiger partial charge in [0, 0.05) is 22.4 Å². The van der Waals surface area contributed by atoms with E-state index in [0.717, 1.165) is 0 Å². The molecule has 4 N–H and O–H groups in total. The van der Waals surface area contributed by atoms with E-state index in [-0.39, 0.29) is 0 Å². The number of benzene rings is 2. The van der Waals surface area contributed by atoms with Crippen molar-refractivity contribution < 1.29 is 19.4 Å². The normalized spacial score (nSPS) is 11.2. The summed E-state index contributed by atoms with van der Waals surface area (Å²) in [6, 6.07) is 12.5. The van der Waals surface area contributed by atoms with Gasteiger partial charge in [-0.1, -0.05) is 24.0 Å². The van der Waals surface area contributed by atoms with Gasteiger partial charge in [0.2, 0.25) is 0 Å². The van der Waals surface area contributed by atoms with Crippen LogP contribution >= 0.6 is 0 Å². The van der Waals surface area contributed by atoms with E-state index < -0.39 is 23.5 Å². The van der Waals surface area contributed by atoms with Gasteiger partial charge in [0.05, 0.1) is 12.7 Å². The molecule has 0 radical (unpaired) electrons. The van der Waals surface area contributed by atoms with Crippen molar-refractivity contribution in [3.05, 3.63) is 65.2 Å². The largest absolute Gasteiger partial charge is 0.467 e. The van der Waals surface area contributed by atoms with Crippen molar-refractivity contribution >= 4 is 17.6 Å². The first kappa shape index (κ1) is 21.6. The number of esters is 1. The Balaban J connectivity index is 2.08. The molecule has 29 heavy (non-hydrogen) atoms. The van der Waals surface area contributed by atoms with Crippen LogP contribution in [0.1, 0.15) is 35.3 Å². The van der Waals surface area contributed by atoms with Gasteiger partial charge in [0.25, 0.3) is 5.91 Å². The Labute approximate surface area is 170 Å². The molecule has 148 valence electrons. The minimum atomic E-state index is -1.48. The Hall–Kier alpha value is -3.74. The smallest absolute Gasteiger partial charge is 0.331 e. The van der Waals surface area contributed by atoms with Gasteiger partial charge in [0.1, 0.15) is 0 Å². The summed E-state index contributed by atoms with van der Waals surface area (Å²) < 4.78 is 4.64. The van der Waals surface area contributed by atoms with Gasteiger partial charge in [-0.05, 0) is 62.1 Å². The quantitative estimate of drug-likeness (QED) is 0.419. The zero-order chi connectivity index (χ0) is 21.4. The zero-order valence-corrected chi connectivity index (χ0v) is 16.4. The van der Waals surface area contributed by atoms with Gasteiger partial charge in [-0.15, -0.1) is 0 Å². The molecule has 1 amide bonds. The lowest BCUT2D eigenvalue weighted by Crippen LogP contribution is -2.54. The highest BCUT2D eigenvalue weighted by Gasteiger charge is 2.35. The number of aliphatic hydroxyl groups is 1.